The normalized spacial score (nSPS) is 11.7. The SMILES string of the molecule is Cc1c(CC(C)N)sc2c(NCc3ccc(F)s3)nc(Cl)nc12.Cl.Cl. The van der Waals surface area contributed by atoms with E-state index >= 15 is 0 Å². The Bertz CT molecular complexity index is 851. The van der Waals surface area contributed by atoms with Crippen molar-refractivity contribution in [2.75, 3.05) is 5.32 Å². The van der Waals surface area contributed by atoms with Crippen LogP contribution >= 0.6 is 59.1 Å². The van der Waals surface area contributed by atoms with Crippen molar-refractivity contribution >= 4 is 75.1 Å². The summed E-state index contributed by atoms with van der Waals surface area (Å²) in [6.07, 6.45) is 0.792. The van der Waals surface area contributed by atoms with E-state index in [1.54, 1.807) is 17.4 Å². The Kier molecular flexibility index (Phi) is 8.31. The minimum atomic E-state index is -0.196. The van der Waals surface area contributed by atoms with Gasteiger partial charge in [0.15, 0.2) is 5.13 Å². The quantitative estimate of drug-likeness (QED) is 0.532. The van der Waals surface area contributed by atoms with Gasteiger partial charge in [-0.25, -0.2) is 4.98 Å². The fourth-order valence-electron chi connectivity index (χ4n) is 2.33. The van der Waals surface area contributed by atoms with Crippen molar-refractivity contribution in [2.24, 2.45) is 5.73 Å². The molecule has 0 bridgehead atoms. The van der Waals surface area contributed by atoms with Gasteiger partial charge in [0.05, 0.1) is 16.8 Å². The van der Waals surface area contributed by atoms with Crippen molar-refractivity contribution in [1.29, 1.82) is 0 Å². The van der Waals surface area contributed by atoms with Gasteiger partial charge in [-0.2, -0.15) is 9.37 Å². The number of rotatable bonds is 5. The summed E-state index contributed by atoms with van der Waals surface area (Å²) in [5.74, 6) is 0.679. The van der Waals surface area contributed by atoms with Gasteiger partial charge in [0, 0.05) is 15.8 Å². The van der Waals surface area contributed by atoms with Gasteiger partial charge in [-0.05, 0) is 49.6 Å². The van der Waals surface area contributed by atoms with Crippen LogP contribution in [0.15, 0.2) is 12.1 Å². The molecule has 1 atom stereocenters. The summed E-state index contributed by atoms with van der Waals surface area (Å²) < 4.78 is 14.0. The molecule has 0 aliphatic carbocycles. The molecule has 3 aromatic rings. The van der Waals surface area contributed by atoms with Gasteiger partial charge in [0.1, 0.15) is 5.82 Å². The highest BCUT2D eigenvalue weighted by Crippen LogP contribution is 2.35. The Labute approximate surface area is 170 Å². The number of thiophene rings is 2. The number of nitrogens with zero attached hydrogens (tertiary/aromatic N) is 2. The molecule has 0 spiro atoms. The van der Waals surface area contributed by atoms with E-state index in [0.717, 1.165) is 38.4 Å². The highest BCUT2D eigenvalue weighted by atomic mass is 35.5. The number of fused-ring (bicyclic) bond motifs is 1. The topological polar surface area (TPSA) is 63.8 Å². The van der Waals surface area contributed by atoms with Crippen LogP contribution in [0.1, 0.15) is 22.2 Å². The molecule has 0 radical (unpaired) electrons. The molecule has 0 aromatic carbocycles. The molecule has 25 heavy (non-hydrogen) atoms. The largest absolute Gasteiger partial charge is 0.364 e. The molecular formula is C15H18Cl3FN4S2. The van der Waals surface area contributed by atoms with Gasteiger partial charge in [0.2, 0.25) is 5.28 Å². The zero-order valence-electron chi connectivity index (χ0n) is 13.5. The molecule has 0 amide bonds. The van der Waals surface area contributed by atoms with Crippen molar-refractivity contribution in [1.82, 2.24) is 9.97 Å². The number of hydrogen-bond acceptors (Lipinski definition) is 6. The second kappa shape index (κ2) is 9.30. The molecule has 138 valence electrons. The molecule has 0 saturated heterocycles. The van der Waals surface area contributed by atoms with Crippen molar-refractivity contribution < 1.29 is 4.39 Å². The maximum Gasteiger partial charge on any atom is 0.224 e. The molecule has 1 unspecified atom stereocenters. The Hall–Kier alpha value is -0.700. The Morgan fingerprint density at radius 1 is 1.28 bits per heavy atom. The van der Waals surface area contributed by atoms with Crippen LogP contribution in [-0.4, -0.2) is 16.0 Å². The lowest BCUT2D eigenvalue weighted by molar-refractivity contribution is 0.657. The molecule has 0 fully saturated rings. The van der Waals surface area contributed by atoms with E-state index in [1.165, 1.54) is 10.9 Å². The molecule has 4 nitrogen and oxygen atoms in total. The molecule has 3 aromatic heterocycles. The summed E-state index contributed by atoms with van der Waals surface area (Å²) in [5.41, 5.74) is 7.86. The molecular weight excluding hydrogens is 426 g/mol. The minimum absolute atomic E-state index is 0. The first-order chi connectivity index (χ1) is 10.9. The fraction of sp³-hybridized carbons (Fsp3) is 0.333. The minimum Gasteiger partial charge on any atom is -0.364 e. The first kappa shape index (κ1) is 22.3. The monoisotopic (exact) mass is 442 g/mol. The highest BCUT2D eigenvalue weighted by Gasteiger charge is 2.16. The third-order valence-electron chi connectivity index (χ3n) is 3.40. The maximum atomic E-state index is 13.1. The number of hydrogen-bond donors (Lipinski definition) is 2. The van der Waals surface area contributed by atoms with E-state index in [2.05, 4.69) is 15.3 Å². The van der Waals surface area contributed by atoms with Crippen LogP contribution in [0.3, 0.4) is 0 Å². The number of nitrogens with two attached hydrogens (primary N) is 1. The van der Waals surface area contributed by atoms with Crippen molar-refractivity contribution in [2.45, 2.75) is 32.9 Å². The summed E-state index contributed by atoms with van der Waals surface area (Å²) in [5, 5.41) is 3.24. The first-order valence-electron chi connectivity index (χ1n) is 7.13. The van der Waals surface area contributed by atoms with Crippen LogP contribution in [-0.2, 0) is 13.0 Å². The van der Waals surface area contributed by atoms with E-state index in [1.807, 2.05) is 13.8 Å². The second-order valence-electron chi connectivity index (χ2n) is 5.41. The summed E-state index contributed by atoms with van der Waals surface area (Å²) in [7, 11) is 0. The van der Waals surface area contributed by atoms with E-state index in [4.69, 9.17) is 17.3 Å². The Balaban J connectivity index is 0.00000156. The number of anilines is 1. The standard InChI is InChI=1S/C15H16ClFN4S2.2ClH/c1-7(18)5-10-8(2)12-13(23-10)14(21-15(16)20-12)19-6-9-3-4-11(17)22-9;;/h3-4,7H,5-6,18H2,1-2H3,(H,19,20,21);2*1H. The second-order valence-corrected chi connectivity index (χ2v) is 7.97. The van der Waals surface area contributed by atoms with Crippen LogP contribution < -0.4 is 11.1 Å². The van der Waals surface area contributed by atoms with Gasteiger partial charge in [-0.1, -0.05) is 0 Å². The maximum absolute atomic E-state index is 13.1. The van der Waals surface area contributed by atoms with Crippen LogP contribution in [0.2, 0.25) is 5.28 Å². The first-order valence-corrected chi connectivity index (χ1v) is 9.14. The summed E-state index contributed by atoms with van der Waals surface area (Å²) in [6, 6.07) is 3.30. The molecule has 3 heterocycles. The lowest BCUT2D eigenvalue weighted by Crippen LogP contribution is -2.17. The molecule has 3 rings (SSSR count). The van der Waals surface area contributed by atoms with Crippen LogP contribution in [0.25, 0.3) is 10.2 Å². The van der Waals surface area contributed by atoms with E-state index in [9.17, 15) is 4.39 Å². The zero-order chi connectivity index (χ0) is 16.6. The van der Waals surface area contributed by atoms with Crippen LogP contribution in [0.4, 0.5) is 10.2 Å². The number of nitrogens with one attached hydrogen (secondary N) is 1. The third-order valence-corrected chi connectivity index (χ3v) is 5.76. The highest BCUT2D eigenvalue weighted by molar-refractivity contribution is 7.19. The lowest BCUT2D eigenvalue weighted by Gasteiger charge is -2.05. The van der Waals surface area contributed by atoms with E-state index < -0.39 is 0 Å². The van der Waals surface area contributed by atoms with Gasteiger partial charge in [-0.15, -0.1) is 47.5 Å². The average Bonchev–Trinajstić information content (AvgIpc) is 3.02. The summed E-state index contributed by atoms with van der Waals surface area (Å²) in [6.45, 7) is 4.50. The summed E-state index contributed by atoms with van der Waals surface area (Å²) in [4.78, 5) is 10.7. The van der Waals surface area contributed by atoms with Crippen LogP contribution in [0.5, 0.6) is 0 Å². The van der Waals surface area contributed by atoms with Gasteiger partial charge in [0.25, 0.3) is 0 Å². The number of halogens is 4. The van der Waals surface area contributed by atoms with Crippen molar-refractivity contribution in [3.8, 4) is 0 Å². The number of aryl methyl sites for hydroxylation is 1. The smallest absolute Gasteiger partial charge is 0.224 e. The average molecular weight is 444 g/mol. The lowest BCUT2D eigenvalue weighted by atomic mass is 10.1. The number of aromatic nitrogens is 2. The van der Waals surface area contributed by atoms with Gasteiger partial charge < -0.3 is 11.1 Å². The van der Waals surface area contributed by atoms with Crippen LogP contribution in [0, 0.1) is 12.1 Å². The van der Waals surface area contributed by atoms with E-state index in [0.29, 0.717) is 12.4 Å². The van der Waals surface area contributed by atoms with Crippen molar-refractivity contribution in [3.05, 3.63) is 37.9 Å². The van der Waals surface area contributed by atoms with Gasteiger partial charge in [-0.3, -0.25) is 0 Å². The Morgan fingerprint density at radius 2 is 2.00 bits per heavy atom. The Morgan fingerprint density at radius 3 is 2.60 bits per heavy atom. The molecule has 0 aliphatic heterocycles. The van der Waals surface area contributed by atoms with Crippen molar-refractivity contribution in [3.63, 3.8) is 0 Å². The molecule has 0 aliphatic rings. The molecule has 0 saturated carbocycles. The predicted octanol–water partition coefficient (Wildman–Crippen LogP) is 5.20. The predicted molar refractivity (Wildman–Crippen MR) is 111 cm³/mol. The third kappa shape index (κ3) is 5.15. The van der Waals surface area contributed by atoms with E-state index in [-0.39, 0.29) is 41.3 Å². The fourth-order valence-corrected chi connectivity index (χ4v) is 4.52. The molecule has 3 N–H and O–H groups in total. The van der Waals surface area contributed by atoms with Gasteiger partial charge >= 0.3 is 0 Å². The summed E-state index contributed by atoms with van der Waals surface area (Å²) >= 11 is 8.80. The zero-order valence-corrected chi connectivity index (χ0v) is 17.5. The molecule has 10 heteroatoms.